The molecule has 120 valence electrons. The van der Waals surface area contributed by atoms with Crippen LogP contribution in [0.2, 0.25) is 0 Å². The second-order valence-electron chi connectivity index (χ2n) is 5.46. The maximum absolute atomic E-state index is 12.3. The highest BCUT2D eigenvalue weighted by Crippen LogP contribution is 2.31. The summed E-state index contributed by atoms with van der Waals surface area (Å²) in [4.78, 5) is 30.5. The van der Waals surface area contributed by atoms with Crippen molar-refractivity contribution in [2.75, 3.05) is 11.4 Å². The number of hydrogen-bond acceptors (Lipinski definition) is 4. The van der Waals surface area contributed by atoms with Crippen molar-refractivity contribution in [2.45, 2.75) is 19.9 Å². The number of anilines is 1. The Bertz CT molecular complexity index is 746. The van der Waals surface area contributed by atoms with Gasteiger partial charge in [-0.2, -0.15) is 0 Å². The standard InChI is InChI=1S/C16H16BrN3O2S/c1-10-9-23-14(19-10)7-18-16(22)11-6-15(21)20(8-11)13-5-3-2-4-12(13)17/h2-5,9,11H,6-8H2,1H3,(H,18,22)/t11-/m1/s1. The SMILES string of the molecule is Cc1csc(CNC(=O)[C@@H]2CC(=O)N(c3ccccc3Br)C2)n1. The second-order valence-corrected chi connectivity index (χ2v) is 7.25. The van der Waals surface area contributed by atoms with Gasteiger partial charge in [0.1, 0.15) is 5.01 Å². The summed E-state index contributed by atoms with van der Waals surface area (Å²) in [5.41, 5.74) is 1.76. The summed E-state index contributed by atoms with van der Waals surface area (Å²) in [5, 5.41) is 5.71. The summed E-state index contributed by atoms with van der Waals surface area (Å²) in [6, 6.07) is 7.54. The Morgan fingerprint density at radius 1 is 1.48 bits per heavy atom. The number of rotatable bonds is 4. The van der Waals surface area contributed by atoms with Gasteiger partial charge >= 0.3 is 0 Å². The summed E-state index contributed by atoms with van der Waals surface area (Å²) in [6.45, 7) is 2.74. The molecule has 3 rings (SSSR count). The number of nitrogens with one attached hydrogen (secondary N) is 1. The van der Waals surface area contributed by atoms with E-state index in [1.54, 1.807) is 4.90 Å². The minimum absolute atomic E-state index is 0.0258. The Balaban J connectivity index is 1.63. The number of benzene rings is 1. The Morgan fingerprint density at radius 3 is 2.96 bits per heavy atom. The molecule has 1 aliphatic rings. The molecule has 1 saturated heterocycles. The summed E-state index contributed by atoms with van der Waals surface area (Å²) in [7, 11) is 0. The van der Waals surface area contributed by atoms with Crippen molar-refractivity contribution in [3.05, 3.63) is 44.8 Å². The average Bonchev–Trinajstić information content (AvgIpc) is 3.11. The largest absolute Gasteiger partial charge is 0.349 e. The van der Waals surface area contributed by atoms with E-state index in [4.69, 9.17) is 0 Å². The molecule has 0 unspecified atom stereocenters. The molecule has 0 aliphatic carbocycles. The zero-order valence-electron chi connectivity index (χ0n) is 12.6. The number of nitrogens with zero attached hydrogens (tertiary/aromatic N) is 2. The summed E-state index contributed by atoms with van der Waals surface area (Å²) in [5.74, 6) is -0.446. The zero-order chi connectivity index (χ0) is 16.4. The molecule has 1 N–H and O–H groups in total. The third-order valence-electron chi connectivity index (χ3n) is 3.72. The van der Waals surface area contributed by atoms with Crippen LogP contribution in [0.5, 0.6) is 0 Å². The molecule has 5 nitrogen and oxygen atoms in total. The van der Waals surface area contributed by atoms with Crippen LogP contribution >= 0.6 is 27.3 Å². The van der Waals surface area contributed by atoms with Crippen LogP contribution in [0.15, 0.2) is 34.1 Å². The number of aryl methyl sites for hydroxylation is 1. The van der Waals surface area contributed by atoms with Crippen LogP contribution < -0.4 is 10.2 Å². The molecule has 1 atom stereocenters. The van der Waals surface area contributed by atoms with Crippen LogP contribution in [0.1, 0.15) is 17.1 Å². The fourth-order valence-electron chi connectivity index (χ4n) is 2.58. The molecule has 0 spiro atoms. The Labute approximate surface area is 146 Å². The number of carbonyl (C=O) groups excluding carboxylic acids is 2. The predicted octanol–water partition coefficient (Wildman–Crippen LogP) is 2.88. The van der Waals surface area contributed by atoms with E-state index in [1.165, 1.54) is 11.3 Å². The highest BCUT2D eigenvalue weighted by molar-refractivity contribution is 9.10. The minimum Gasteiger partial charge on any atom is -0.349 e. The van der Waals surface area contributed by atoms with Gasteiger partial charge in [-0.3, -0.25) is 9.59 Å². The number of halogens is 1. The maximum Gasteiger partial charge on any atom is 0.227 e. The second kappa shape index (κ2) is 6.80. The first-order chi connectivity index (χ1) is 11.0. The number of hydrogen-bond donors (Lipinski definition) is 1. The predicted molar refractivity (Wildman–Crippen MR) is 93.3 cm³/mol. The number of amides is 2. The fraction of sp³-hybridized carbons (Fsp3) is 0.312. The van der Waals surface area contributed by atoms with Gasteiger partial charge in [-0.1, -0.05) is 12.1 Å². The van der Waals surface area contributed by atoms with E-state index in [9.17, 15) is 9.59 Å². The Hall–Kier alpha value is -1.73. The lowest BCUT2D eigenvalue weighted by molar-refractivity contribution is -0.126. The van der Waals surface area contributed by atoms with Crippen LogP contribution in [-0.2, 0) is 16.1 Å². The first-order valence-electron chi connectivity index (χ1n) is 7.28. The summed E-state index contributed by atoms with van der Waals surface area (Å²) in [6.07, 6.45) is 0.240. The molecule has 0 bridgehead atoms. The van der Waals surface area contributed by atoms with E-state index in [1.807, 2.05) is 36.6 Å². The molecule has 23 heavy (non-hydrogen) atoms. The van der Waals surface area contributed by atoms with Gasteiger partial charge < -0.3 is 10.2 Å². The van der Waals surface area contributed by atoms with Gasteiger partial charge in [0.05, 0.1) is 18.2 Å². The van der Waals surface area contributed by atoms with Crippen LogP contribution in [0.3, 0.4) is 0 Å². The Morgan fingerprint density at radius 2 is 2.26 bits per heavy atom. The van der Waals surface area contributed by atoms with Crippen LogP contribution in [0, 0.1) is 12.8 Å². The highest BCUT2D eigenvalue weighted by Gasteiger charge is 2.35. The van der Waals surface area contributed by atoms with Gasteiger partial charge in [-0.15, -0.1) is 11.3 Å². The number of aromatic nitrogens is 1. The third-order valence-corrected chi connectivity index (χ3v) is 5.36. The quantitative estimate of drug-likeness (QED) is 0.868. The molecule has 0 saturated carbocycles. The molecule has 0 radical (unpaired) electrons. The zero-order valence-corrected chi connectivity index (χ0v) is 15.0. The topological polar surface area (TPSA) is 62.3 Å². The first kappa shape index (κ1) is 16.1. The van der Waals surface area contributed by atoms with Crippen molar-refractivity contribution in [1.29, 1.82) is 0 Å². The van der Waals surface area contributed by atoms with Crippen molar-refractivity contribution in [1.82, 2.24) is 10.3 Å². The van der Waals surface area contributed by atoms with Gasteiger partial charge in [-0.25, -0.2) is 4.98 Å². The molecule has 1 fully saturated rings. The fourth-order valence-corrected chi connectivity index (χ4v) is 3.79. The van der Waals surface area contributed by atoms with E-state index in [2.05, 4.69) is 26.2 Å². The highest BCUT2D eigenvalue weighted by atomic mass is 79.9. The Kier molecular flexibility index (Phi) is 4.77. The number of para-hydroxylation sites is 1. The van der Waals surface area contributed by atoms with E-state index in [-0.39, 0.29) is 24.2 Å². The molecule has 7 heteroatoms. The molecular weight excluding hydrogens is 378 g/mol. The van der Waals surface area contributed by atoms with Gasteiger partial charge in [0, 0.05) is 28.5 Å². The van der Waals surface area contributed by atoms with Crippen molar-refractivity contribution in [2.24, 2.45) is 5.92 Å². The van der Waals surface area contributed by atoms with Crippen LogP contribution in [-0.4, -0.2) is 23.3 Å². The van der Waals surface area contributed by atoms with Gasteiger partial charge in [0.15, 0.2) is 0 Å². The van der Waals surface area contributed by atoms with Crippen molar-refractivity contribution in [3.8, 4) is 0 Å². The smallest absolute Gasteiger partial charge is 0.227 e. The van der Waals surface area contributed by atoms with Crippen molar-refractivity contribution < 1.29 is 9.59 Å². The molecular formula is C16H16BrN3O2S. The maximum atomic E-state index is 12.3. The lowest BCUT2D eigenvalue weighted by Gasteiger charge is -2.18. The normalized spacial score (nSPS) is 17.6. The van der Waals surface area contributed by atoms with E-state index in [0.717, 1.165) is 20.9 Å². The van der Waals surface area contributed by atoms with E-state index >= 15 is 0 Å². The van der Waals surface area contributed by atoms with Gasteiger partial charge in [0.2, 0.25) is 11.8 Å². The lowest BCUT2D eigenvalue weighted by Crippen LogP contribution is -2.32. The van der Waals surface area contributed by atoms with Crippen LogP contribution in [0.4, 0.5) is 5.69 Å². The van der Waals surface area contributed by atoms with Crippen LogP contribution in [0.25, 0.3) is 0 Å². The first-order valence-corrected chi connectivity index (χ1v) is 8.95. The monoisotopic (exact) mass is 393 g/mol. The molecule has 2 heterocycles. The van der Waals surface area contributed by atoms with E-state index < -0.39 is 0 Å². The molecule has 1 aliphatic heterocycles. The van der Waals surface area contributed by atoms with E-state index in [0.29, 0.717) is 13.1 Å². The molecule has 2 aromatic rings. The summed E-state index contributed by atoms with van der Waals surface area (Å²) >= 11 is 4.98. The van der Waals surface area contributed by atoms with Crippen molar-refractivity contribution >= 4 is 44.8 Å². The van der Waals surface area contributed by atoms with Gasteiger partial charge in [-0.05, 0) is 35.0 Å². The third kappa shape index (κ3) is 3.61. The lowest BCUT2D eigenvalue weighted by atomic mass is 10.1. The minimum atomic E-state index is -0.323. The number of thiazole rings is 1. The molecule has 1 aromatic carbocycles. The van der Waals surface area contributed by atoms with Gasteiger partial charge in [0.25, 0.3) is 0 Å². The molecule has 1 aromatic heterocycles. The average molecular weight is 394 g/mol. The van der Waals surface area contributed by atoms with Crippen molar-refractivity contribution in [3.63, 3.8) is 0 Å². The molecule has 2 amide bonds. The summed E-state index contributed by atoms with van der Waals surface area (Å²) < 4.78 is 0.854. The number of carbonyl (C=O) groups is 2.